The lowest BCUT2D eigenvalue weighted by Crippen LogP contribution is -2.51. The van der Waals surface area contributed by atoms with Gasteiger partial charge in [-0.1, -0.05) is 121 Å². The molecule has 0 radical (unpaired) electrons. The second-order valence-corrected chi connectivity index (χ2v) is 13.8. The summed E-state index contributed by atoms with van der Waals surface area (Å²) in [6, 6.07) is 43.3. The van der Waals surface area contributed by atoms with Crippen LogP contribution in [0.25, 0.3) is 0 Å². The van der Waals surface area contributed by atoms with Gasteiger partial charge in [-0.3, -0.25) is 0 Å². The van der Waals surface area contributed by atoms with Crippen molar-refractivity contribution in [2.45, 2.75) is 36.1 Å². The Hall–Kier alpha value is -2.34. The first-order chi connectivity index (χ1) is 16.8. The van der Waals surface area contributed by atoms with Gasteiger partial charge in [0.25, 0.3) is 0 Å². The van der Waals surface area contributed by atoms with Gasteiger partial charge in [-0.25, -0.2) is 0 Å². The molecule has 4 heteroatoms. The Labute approximate surface area is 204 Å². The summed E-state index contributed by atoms with van der Waals surface area (Å²) in [4.78, 5) is 0. The fourth-order valence-electron chi connectivity index (χ4n) is 5.71. The van der Waals surface area contributed by atoms with Crippen LogP contribution in [0.3, 0.4) is 0 Å². The van der Waals surface area contributed by atoms with Crippen LogP contribution in [0.4, 0.5) is 0 Å². The molecule has 1 N–H and O–H groups in total. The van der Waals surface area contributed by atoms with Gasteiger partial charge >= 0.3 is 0 Å². The lowest BCUT2D eigenvalue weighted by atomic mass is 9.96. The smallest absolute Gasteiger partial charge is 0.129 e. The highest BCUT2D eigenvalue weighted by atomic mass is 31.1. The summed E-state index contributed by atoms with van der Waals surface area (Å²) >= 11 is 0. The molecule has 2 bridgehead atoms. The fourth-order valence-corrected chi connectivity index (χ4v) is 12.6. The van der Waals surface area contributed by atoms with E-state index in [4.69, 9.17) is 4.74 Å². The summed E-state index contributed by atoms with van der Waals surface area (Å²) in [7, 11) is -1.67. The Balaban J connectivity index is 1.56. The number of hydrogen-bond donors (Lipinski definition) is 1. The van der Waals surface area contributed by atoms with Crippen molar-refractivity contribution in [3.05, 3.63) is 121 Å². The lowest BCUT2D eigenvalue weighted by Gasteiger charge is -2.46. The summed E-state index contributed by atoms with van der Waals surface area (Å²) in [5.41, 5.74) is 0.229. The van der Waals surface area contributed by atoms with E-state index in [2.05, 4.69) is 121 Å². The second-order valence-electron chi connectivity index (χ2n) is 9.04. The minimum atomic E-state index is -0.943. The van der Waals surface area contributed by atoms with E-state index in [1.807, 2.05) is 0 Å². The molecule has 2 saturated heterocycles. The summed E-state index contributed by atoms with van der Waals surface area (Å²) in [6.45, 7) is 0. The number of benzene rings is 4. The van der Waals surface area contributed by atoms with Gasteiger partial charge in [0.1, 0.15) is 5.34 Å². The minimum Gasteiger partial charge on any atom is -0.390 e. The van der Waals surface area contributed by atoms with Crippen LogP contribution >= 0.6 is 15.8 Å². The molecule has 2 aliphatic rings. The van der Waals surface area contributed by atoms with Crippen LogP contribution in [-0.4, -0.2) is 28.3 Å². The second kappa shape index (κ2) is 9.37. The third-order valence-corrected chi connectivity index (χ3v) is 13.2. The number of hydrogen-bond acceptors (Lipinski definition) is 2. The topological polar surface area (TPSA) is 29.5 Å². The first-order valence-electron chi connectivity index (χ1n) is 11.9. The molecule has 2 aliphatic heterocycles. The first kappa shape index (κ1) is 22.1. The molecule has 0 aliphatic carbocycles. The Morgan fingerprint density at radius 1 is 0.588 bits per heavy atom. The molecule has 2 fully saturated rings. The molecule has 4 aromatic carbocycles. The molecular weight excluding hydrogens is 454 g/mol. The van der Waals surface area contributed by atoms with E-state index in [1.54, 1.807) is 0 Å². The van der Waals surface area contributed by atoms with Gasteiger partial charge in [-0.05, 0) is 43.5 Å². The van der Waals surface area contributed by atoms with Crippen LogP contribution in [0.15, 0.2) is 121 Å². The third kappa shape index (κ3) is 3.74. The van der Waals surface area contributed by atoms with Crippen molar-refractivity contribution in [1.29, 1.82) is 0 Å². The van der Waals surface area contributed by atoms with Gasteiger partial charge in [0.05, 0.1) is 12.2 Å². The van der Waals surface area contributed by atoms with Crippen LogP contribution < -0.4 is 21.2 Å². The van der Waals surface area contributed by atoms with E-state index in [1.165, 1.54) is 21.2 Å². The molecule has 4 aromatic rings. The highest BCUT2D eigenvalue weighted by molar-refractivity contribution is 7.78. The lowest BCUT2D eigenvalue weighted by molar-refractivity contribution is 0.0250. The van der Waals surface area contributed by atoms with E-state index in [-0.39, 0.29) is 11.8 Å². The molecule has 0 unspecified atom stereocenters. The average Bonchev–Trinajstić information content (AvgIpc) is 3.41. The van der Waals surface area contributed by atoms with Crippen LogP contribution in [0, 0.1) is 0 Å². The SMILES string of the molecule is O[C@H]1C[C@@H]2C[C@@H](P(c3ccccc3)c3ccccc3)[C@@]1(P(c1ccccc1)c1ccccc1)O2. The van der Waals surface area contributed by atoms with Crippen LogP contribution in [0.1, 0.15) is 12.8 Å². The zero-order valence-corrected chi connectivity index (χ0v) is 20.7. The molecule has 34 heavy (non-hydrogen) atoms. The van der Waals surface area contributed by atoms with Crippen LogP contribution in [0.2, 0.25) is 0 Å². The van der Waals surface area contributed by atoms with Crippen molar-refractivity contribution in [3.8, 4) is 0 Å². The fraction of sp³-hybridized carbons (Fsp3) is 0.200. The van der Waals surface area contributed by atoms with E-state index in [0.29, 0.717) is 0 Å². The third-order valence-electron chi connectivity index (χ3n) is 7.04. The van der Waals surface area contributed by atoms with Crippen molar-refractivity contribution < 1.29 is 9.84 Å². The zero-order valence-electron chi connectivity index (χ0n) is 18.9. The quantitative estimate of drug-likeness (QED) is 0.398. The number of aliphatic hydroxyl groups excluding tert-OH is 1. The molecule has 4 atom stereocenters. The molecule has 170 valence electrons. The Bertz CT molecular complexity index is 1140. The van der Waals surface area contributed by atoms with Gasteiger partial charge < -0.3 is 9.84 Å². The maximum absolute atomic E-state index is 11.8. The van der Waals surface area contributed by atoms with E-state index in [0.717, 1.165) is 12.8 Å². The molecule has 0 aromatic heterocycles. The van der Waals surface area contributed by atoms with Crippen LogP contribution in [0.5, 0.6) is 0 Å². The maximum Gasteiger partial charge on any atom is 0.129 e. The Morgan fingerprint density at radius 3 is 1.41 bits per heavy atom. The van der Waals surface area contributed by atoms with E-state index >= 15 is 0 Å². The highest BCUT2D eigenvalue weighted by Crippen LogP contribution is 2.68. The predicted octanol–water partition coefficient (Wildman–Crippen LogP) is 4.87. The van der Waals surface area contributed by atoms with Crippen molar-refractivity contribution >= 4 is 37.1 Å². The standard InChI is InChI=1S/C30H28O2P2/c31-28-21-23-22-29(33(24-13-5-1-6-14-24)25-15-7-2-8-16-25)30(28,32-23)34(26-17-9-3-10-18-26)27-19-11-4-12-20-27/h1-20,23,28-29,31H,21-22H2/t23-,28+,29-,30-/m1/s1. The van der Waals surface area contributed by atoms with Crippen LogP contribution in [-0.2, 0) is 4.74 Å². The first-order valence-corrected chi connectivity index (χ1v) is 14.7. The summed E-state index contributed by atoms with van der Waals surface area (Å²) < 4.78 is 6.97. The monoisotopic (exact) mass is 482 g/mol. The minimum absolute atomic E-state index is 0.106. The largest absolute Gasteiger partial charge is 0.390 e. The molecule has 0 spiro atoms. The predicted molar refractivity (Wildman–Crippen MR) is 145 cm³/mol. The van der Waals surface area contributed by atoms with E-state index in [9.17, 15) is 5.11 Å². The summed E-state index contributed by atoms with van der Waals surface area (Å²) in [5, 5.41) is 16.4. The maximum atomic E-state index is 11.8. The number of rotatable bonds is 6. The van der Waals surface area contributed by atoms with Gasteiger partial charge in [0.2, 0.25) is 0 Å². The average molecular weight is 483 g/mol. The van der Waals surface area contributed by atoms with Gasteiger partial charge in [0.15, 0.2) is 0 Å². The summed E-state index contributed by atoms with van der Waals surface area (Å²) in [5.74, 6) is 0. The molecule has 2 heterocycles. The summed E-state index contributed by atoms with van der Waals surface area (Å²) in [6.07, 6.45) is 1.34. The number of ether oxygens (including phenoxy) is 1. The molecule has 0 saturated carbocycles. The van der Waals surface area contributed by atoms with Crippen molar-refractivity contribution in [2.75, 3.05) is 0 Å². The highest BCUT2D eigenvalue weighted by Gasteiger charge is 2.65. The van der Waals surface area contributed by atoms with Crippen molar-refractivity contribution in [1.82, 2.24) is 0 Å². The van der Waals surface area contributed by atoms with Crippen molar-refractivity contribution in [3.63, 3.8) is 0 Å². The Morgan fingerprint density at radius 2 is 1.00 bits per heavy atom. The van der Waals surface area contributed by atoms with Gasteiger partial charge in [0, 0.05) is 12.1 Å². The molecule has 6 rings (SSSR count). The van der Waals surface area contributed by atoms with E-state index < -0.39 is 27.3 Å². The Kier molecular flexibility index (Phi) is 6.10. The molecule has 0 amide bonds. The normalized spacial score (nSPS) is 25.8. The number of aliphatic hydroxyl groups is 1. The molecule has 2 nitrogen and oxygen atoms in total. The zero-order chi connectivity index (χ0) is 23.0. The van der Waals surface area contributed by atoms with Crippen molar-refractivity contribution in [2.24, 2.45) is 0 Å². The van der Waals surface area contributed by atoms with Gasteiger partial charge in [-0.15, -0.1) is 0 Å². The number of fused-ring (bicyclic) bond motifs is 2. The van der Waals surface area contributed by atoms with Gasteiger partial charge in [-0.2, -0.15) is 0 Å². The molecular formula is C30H28O2P2.